The number of rotatable bonds is 8. The van der Waals surface area contributed by atoms with Gasteiger partial charge in [0.1, 0.15) is 0 Å². The first-order valence-corrected chi connectivity index (χ1v) is 13.7. The van der Waals surface area contributed by atoms with E-state index in [4.69, 9.17) is 11.6 Å². The lowest BCUT2D eigenvalue weighted by Gasteiger charge is -2.31. The van der Waals surface area contributed by atoms with E-state index in [9.17, 15) is 13.2 Å². The zero-order valence-corrected chi connectivity index (χ0v) is 21.6. The van der Waals surface area contributed by atoms with Crippen LogP contribution in [0.2, 0.25) is 5.02 Å². The molecule has 1 aliphatic rings. The molecule has 0 radical (unpaired) electrons. The maximum atomic E-state index is 13.2. The third-order valence-corrected chi connectivity index (χ3v) is 8.63. The second-order valence-electron chi connectivity index (χ2n) is 9.06. The summed E-state index contributed by atoms with van der Waals surface area (Å²) in [5.41, 5.74) is 3.42. The molecule has 0 spiro atoms. The van der Waals surface area contributed by atoms with Crippen LogP contribution in [0.1, 0.15) is 30.4 Å². The molecule has 0 bridgehead atoms. The van der Waals surface area contributed by atoms with Gasteiger partial charge in [-0.3, -0.25) is 9.78 Å². The Bertz CT molecular complexity index is 1330. The quantitative estimate of drug-likeness (QED) is 0.431. The molecule has 0 saturated carbocycles. The summed E-state index contributed by atoms with van der Waals surface area (Å²) in [6.45, 7) is 5.53. The van der Waals surface area contributed by atoms with Crippen molar-refractivity contribution in [1.82, 2.24) is 14.6 Å². The summed E-state index contributed by atoms with van der Waals surface area (Å²) in [4.78, 5) is 17.5. The fourth-order valence-electron chi connectivity index (χ4n) is 4.44. The number of fused-ring (bicyclic) bond motifs is 1. The maximum absolute atomic E-state index is 13.2. The van der Waals surface area contributed by atoms with E-state index in [2.05, 4.69) is 15.6 Å². The second-order valence-corrected chi connectivity index (χ2v) is 11.4. The van der Waals surface area contributed by atoms with Crippen molar-refractivity contribution in [3.05, 3.63) is 64.8 Å². The van der Waals surface area contributed by atoms with E-state index in [1.54, 1.807) is 19.2 Å². The molecule has 1 aromatic heterocycles. The van der Waals surface area contributed by atoms with E-state index in [0.717, 1.165) is 34.1 Å². The van der Waals surface area contributed by atoms with E-state index in [0.29, 0.717) is 42.4 Å². The third kappa shape index (κ3) is 5.94. The van der Waals surface area contributed by atoms with Gasteiger partial charge in [-0.25, -0.2) is 8.42 Å². The lowest BCUT2D eigenvalue weighted by molar-refractivity contribution is -0.126. The van der Waals surface area contributed by atoms with Crippen molar-refractivity contribution in [3.8, 4) is 0 Å². The van der Waals surface area contributed by atoms with E-state index >= 15 is 0 Å². The number of aromatic nitrogens is 1. The topological polar surface area (TPSA) is 91.4 Å². The Labute approximate surface area is 211 Å². The van der Waals surface area contributed by atoms with Crippen LogP contribution in [0.3, 0.4) is 0 Å². The highest BCUT2D eigenvalue weighted by Gasteiger charge is 2.33. The highest BCUT2D eigenvalue weighted by atomic mass is 35.5. The van der Waals surface area contributed by atoms with Crippen molar-refractivity contribution < 1.29 is 13.2 Å². The van der Waals surface area contributed by atoms with Gasteiger partial charge in [0, 0.05) is 48.5 Å². The van der Waals surface area contributed by atoms with Gasteiger partial charge in [-0.1, -0.05) is 23.7 Å². The number of piperidine rings is 1. The molecule has 35 heavy (non-hydrogen) atoms. The van der Waals surface area contributed by atoms with E-state index in [-0.39, 0.29) is 18.4 Å². The predicted molar refractivity (Wildman–Crippen MR) is 140 cm³/mol. The van der Waals surface area contributed by atoms with Crippen LogP contribution in [0.4, 0.5) is 5.69 Å². The van der Waals surface area contributed by atoms with E-state index in [1.807, 2.05) is 43.3 Å². The number of hydrogen-bond acceptors (Lipinski definition) is 5. The molecule has 1 unspecified atom stereocenters. The van der Waals surface area contributed by atoms with Gasteiger partial charge in [0.2, 0.25) is 15.9 Å². The number of amides is 1. The second kappa shape index (κ2) is 10.9. The van der Waals surface area contributed by atoms with Crippen LogP contribution in [0.5, 0.6) is 0 Å². The number of nitrogens with zero attached hydrogens (tertiary/aromatic N) is 2. The van der Waals surface area contributed by atoms with Gasteiger partial charge in [0.25, 0.3) is 0 Å². The first-order valence-electron chi connectivity index (χ1n) is 11.9. The molecule has 1 aliphatic heterocycles. The molecule has 0 aliphatic carbocycles. The molecule has 3 aromatic rings. The number of anilines is 1. The maximum Gasteiger partial charge on any atom is 0.243 e. The Hall–Kier alpha value is -2.68. The van der Waals surface area contributed by atoms with Crippen LogP contribution < -0.4 is 10.6 Å². The third-order valence-electron chi connectivity index (χ3n) is 6.39. The molecule has 2 N–H and O–H groups in total. The van der Waals surface area contributed by atoms with Crippen LogP contribution >= 0.6 is 11.6 Å². The molecule has 9 heteroatoms. The number of nitrogens with one attached hydrogen (secondary N) is 2. The Kier molecular flexibility index (Phi) is 7.94. The van der Waals surface area contributed by atoms with Gasteiger partial charge in [-0.15, -0.1) is 0 Å². The lowest BCUT2D eigenvalue weighted by Crippen LogP contribution is -2.45. The zero-order chi connectivity index (χ0) is 25.0. The summed E-state index contributed by atoms with van der Waals surface area (Å²) in [5.74, 6) is -0.430. The van der Waals surface area contributed by atoms with Crippen LogP contribution in [0, 0.1) is 19.8 Å². The van der Waals surface area contributed by atoms with Crippen molar-refractivity contribution in [2.75, 3.05) is 31.5 Å². The van der Waals surface area contributed by atoms with E-state index < -0.39 is 10.0 Å². The van der Waals surface area contributed by atoms with Crippen molar-refractivity contribution in [1.29, 1.82) is 0 Å². The summed E-state index contributed by atoms with van der Waals surface area (Å²) in [7, 11) is -3.63. The largest absolute Gasteiger partial charge is 0.384 e. The van der Waals surface area contributed by atoms with Crippen LogP contribution in [0.15, 0.2) is 53.6 Å². The summed E-state index contributed by atoms with van der Waals surface area (Å²) in [5, 5.41) is 8.02. The fraction of sp³-hybridized carbons (Fsp3) is 0.385. The van der Waals surface area contributed by atoms with Crippen molar-refractivity contribution in [3.63, 3.8) is 0 Å². The summed E-state index contributed by atoms with van der Waals surface area (Å²) >= 11 is 6.05. The van der Waals surface area contributed by atoms with Gasteiger partial charge in [-0.2, -0.15) is 4.31 Å². The van der Waals surface area contributed by atoms with Gasteiger partial charge in [-0.05, 0) is 74.6 Å². The number of halogens is 1. The lowest BCUT2D eigenvalue weighted by atomic mass is 9.99. The molecule has 2 aromatic carbocycles. The normalized spacial score (nSPS) is 16.8. The molecule has 186 valence electrons. The molecule has 2 heterocycles. The molecular weight excluding hydrogens is 484 g/mol. The minimum absolute atomic E-state index is 0.0881. The predicted octanol–water partition coefficient (Wildman–Crippen LogP) is 4.52. The molecule has 1 fully saturated rings. The number of carbonyl (C=O) groups excluding carboxylic acids is 1. The number of hydrogen-bond donors (Lipinski definition) is 2. The molecule has 1 saturated heterocycles. The number of pyridine rings is 1. The van der Waals surface area contributed by atoms with E-state index in [1.165, 1.54) is 4.31 Å². The number of aryl methyl sites for hydroxylation is 2. The standard InChI is InChI=1S/C26H31ClN4O3S/c1-18-6-7-19(2)25(15-18)35(33,34)31-14-3-5-20(17-31)26(32)30-12-4-11-28-23-10-13-29-24-16-21(27)8-9-22(23)24/h6-10,13,15-16,20H,3-5,11-12,14,17H2,1-2H3,(H,28,29)(H,30,32). The molecular formula is C26H31ClN4O3S. The fourth-order valence-corrected chi connectivity index (χ4v) is 6.44. The molecule has 7 nitrogen and oxygen atoms in total. The van der Waals surface area contributed by atoms with Gasteiger partial charge >= 0.3 is 0 Å². The molecule has 4 rings (SSSR count). The summed E-state index contributed by atoms with van der Waals surface area (Å²) < 4.78 is 28.0. The minimum atomic E-state index is -3.63. The summed E-state index contributed by atoms with van der Waals surface area (Å²) in [6, 6.07) is 13.0. The van der Waals surface area contributed by atoms with Gasteiger partial charge in [0.05, 0.1) is 16.3 Å². The Morgan fingerprint density at radius 1 is 1.14 bits per heavy atom. The number of carbonyl (C=O) groups is 1. The first kappa shape index (κ1) is 25.4. The number of sulfonamides is 1. The van der Waals surface area contributed by atoms with Crippen molar-refractivity contribution in [2.45, 2.75) is 38.0 Å². The average molecular weight is 515 g/mol. The van der Waals surface area contributed by atoms with Gasteiger partial charge < -0.3 is 10.6 Å². The Morgan fingerprint density at radius 3 is 2.80 bits per heavy atom. The first-order chi connectivity index (χ1) is 16.8. The molecule has 1 amide bonds. The average Bonchev–Trinajstić information content (AvgIpc) is 2.85. The van der Waals surface area contributed by atoms with Crippen LogP contribution in [-0.2, 0) is 14.8 Å². The van der Waals surface area contributed by atoms with Crippen LogP contribution in [0.25, 0.3) is 10.9 Å². The Morgan fingerprint density at radius 2 is 1.97 bits per heavy atom. The Balaban J connectivity index is 1.28. The smallest absolute Gasteiger partial charge is 0.243 e. The SMILES string of the molecule is Cc1ccc(C)c(S(=O)(=O)N2CCCC(C(=O)NCCCNc3ccnc4cc(Cl)ccc34)C2)c1. The highest BCUT2D eigenvalue weighted by molar-refractivity contribution is 7.89. The monoisotopic (exact) mass is 514 g/mol. The van der Waals surface area contributed by atoms with Crippen molar-refractivity contribution >= 4 is 44.1 Å². The van der Waals surface area contributed by atoms with Gasteiger partial charge in [0.15, 0.2) is 0 Å². The number of benzene rings is 2. The molecule has 1 atom stereocenters. The van der Waals surface area contributed by atoms with Crippen LogP contribution in [-0.4, -0.2) is 49.8 Å². The highest BCUT2D eigenvalue weighted by Crippen LogP contribution is 2.27. The zero-order valence-electron chi connectivity index (χ0n) is 20.1. The minimum Gasteiger partial charge on any atom is -0.384 e. The van der Waals surface area contributed by atoms with Crippen molar-refractivity contribution in [2.24, 2.45) is 5.92 Å². The summed E-state index contributed by atoms with van der Waals surface area (Å²) in [6.07, 6.45) is 3.83.